The summed E-state index contributed by atoms with van der Waals surface area (Å²) >= 11 is 6.99. The van der Waals surface area contributed by atoms with E-state index in [0.717, 1.165) is 22.8 Å². The maximum absolute atomic E-state index is 4.45. The van der Waals surface area contributed by atoms with Crippen LogP contribution in [0.2, 0.25) is 0 Å². The Morgan fingerprint density at radius 2 is 2.18 bits per heavy atom. The fourth-order valence-corrected chi connectivity index (χ4v) is 2.83. The number of halogens is 2. The molecule has 2 aromatic rings. The van der Waals surface area contributed by atoms with Gasteiger partial charge in [0.2, 0.25) is 0 Å². The molecule has 0 saturated heterocycles. The van der Waals surface area contributed by atoms with E-state index in [1.54, 1.807) is 0 Å². The number of nitrogens with zero attached hydrogens (tertiary/aromatic N) is 2. The molecular formula is C13H14Br2N2. The highest BCUT2D eigenvalue weighted by atomic mass is 79.9. The van der Waals surface area contributed by atoms with Crippen LogP contribution in [0.15, 0.2) is 34.9 Å². The van der Waals surface area contributed by atoms with Crippen LogP contribution in [-0.2, 0) is 18.3 Å². The molecule has 0 saturated carbocycles. The third-order valence-corrected chi connectivity index (χ3v) is 3.83. The van der Waals surface area contributed by atoms with Gasteiger partial charge in [-0.15, -0.1) is 0 Å². The van der Waals surface area contributed by atoms with Crippen molar-refractivity contribution in [1.29, 1.82) is 0 Å². The van der Waals surface area contributed by atoms with Gasteiger partial charge in [0.05, 0.1) is 12.7 Å². The zero-order valence-electron chi connectivity index (χ0n) is 9.66. The summed E-state index contributed by atoms with van der Waals surface area (Å²) in [6.45, 7) is 3.00. The van der Waals surface area contributed by atoms with E-state index in [1.165, 1.54) is 16.8 Å². The van der Waals surface area contributed by atoms with Crippen molar-refractivity contribution < 1.29 is 0 Å². The lowest BCUT2D eigenvalue weighted by Crippen LogP contribution is -2.06. The van der Waals surface area contributed by atoms with Crippen molar-refractivity contribution in [3.05, 3.63) is 51.8 Å². The number of rotatable bonds is 4. The van der Waals surface area contributed by atoms with E-state index in [9.17, 15) is 0 Å². The number of hydrogen-bond donors (Lipinski definition) is 0. The lowest BCUT2D eigenvalue weighted by Gasteiger charge is -2.07. The molecule has 2 rings (SSSR count). The normalized spacial score (nSPS) is 10.8. The molecule has 0 unspecified atom stereocenters. The Morgan fingerprint density at radius 3 is 2.82 bits per heavy atom. The summed E-state index contributed by atoms with van der Waals surface area (Å²) in [5.74, 6) is 0. The summed E-state index contributed by atoms with van der Waals surface area (Å²) in [4.78, 5) is 0. The first-order chi connectivity index (χ1) is 8.24. The van der Waals surface area contributed by atoms with Crippen LogP contribution in [0.25, 0.3) is 0 Å². The molecule has 2 nitrogen and oxygen atoms in total. The Labute approximate surface area is 118 Å². The van der Waals surface area contributed by atoms with E-state index < -0.39 is 0 Å². The molecule has 0 N–H and O–H groups in total. The van der Waals surface area contributed by atoms with E-state index in [1.807, 2.05) is 12.3 Å². The van der Waals surface area contributed by atoms with Gasteiger partial charge in [-0.2, -0.15) is 5.10 Å². The molecule has 17 heavy (non-hydrogen) atoms. The molecule has 4 heteroatoms. The molecule has 0 fully saturated rings. The molecular weight excluding hydrogens is 344 g/mol. The van der Waals surface area contributed by atoms with E-state index in [2.05, 4.69) is 66.8 Å². The summed E-state index contributed by atoms with van der Waals surface area (Å²) in [5, 5.41) is 5.32. The van der Waals surface area contributed by atoms with Gasteiger partial charge in [0, 0.05) is 21.1 Å². The average molecular weight is 358 g/mol. The van der Waals surface area contributed by atoms with Gasteiger partial charge in [0.25, 0.3) is 0 Å². The summed E-state index contributed by atoms with van der Waals surface area (Å²) in [6.07, 6.45) is 2.96. The Balaban J connectivity index is 2.27. The average Bonchev–Trinajstić information content (AvgIpc) is 2.71. The van der Waals surface area contributed by atoms with Gasteiger partial charge >= 0.3 is 0 Å². The molecule has 0 atom stereocenters. The van der Waals surface area contributed by atoms with E-state index in [4.69, 9.17) is 0 Å². The number of hydrogen-bond acceptors (Lipinski definition) is 1. The van der Waals surface area contributed by atoms with Crippen molar-refractivity contribution in [3.8, 4) is 0 Å². The van der Waals surface area contributed by atoms with Crippen molar-refractivity contribution in [2.75, 3.05) is 0 Å². The Morgan fingerprint density at radius 1 is 1.35 bits per heavy atom. The quantitative estimate of drug-likeness (QED) is 0.751. The minimum Gasteiger partial charge on any atom is -0.265 e. The largest absolute Gasteiger partial charge is 0.265 e. The highest BCUT2D eigenvalue weighted by Gasteiger charge is 2.08. The zero-order valence-corrected chi connectivity index (χ0v) is 12.8. The van der Waals surface area contributed by atoms with Crippen LogP contribution in [0.4, 0.5) is 0 Å². The van der Waals surface area contributed by atoms with Gasteiger partial charge in [-0.1, -0.05) is 50.9 Å². The monoisotopic (exact) mass is 356 g/mol. The van der Waals surface area contributed by atoms with Gasteiger partial charge in [-0.3, -0.25) is 4.68 Å². The maximum Gasteiger partial charge on any atom is 0.0663 e. The highest BCUT2D eigenvalue weighted by molar-refractivity contribution is 9.10. The molecule has 0 spiro atoms. The molecule has 0 bridgehead atoms. The standard InChI is InChI=1S/C13H14Br2N2/c1-2-13-11(7-14)8-16-17(13)9-10-4-3-5-12(15)6-10/h3-6,8H,2,7,9H2,1H3. The first-order valence-electron chi connectivity index (χ1n) is 5.58. The summed E-state index contributed by atoms with van der Waals surface area (Å²) in [6, 6.07) is 8.35. The Bertz CT molecular complexity index is 506. The second-order valence-electron chi connectivity index (χ2n) is 3.89. The Hall–Kier alpha value is -0.610. The lowest BCUT2D eigenvalue weighted by molar-refractivity contribution is 0.648. The predicted octanol–water partition coefficient (Wildman–Crippen LogP) is 4.15. The van der Waals surface area contributed by atoms with Crippen LogP contribution >= 0.6 is 31.9 Å². The van der Waals surface area contributed by atoms with Crippen LogP contribution in [0.5, 0.6) is 0 Å². The van der Waals surface area contributed by atoms with Crippen molar-refractivity contribution in [2.24, 2.45) is 0 Å². The lowest BCUT2D eigenvalue weighted by atomic mass is 10.2. The van der Waals surface area contributed by atoms with Crippen molar-refractivity contribution >= 4 is 31.9 Å². The molecule has 0 aliphatic heterocycles. The zero-order chi connectivity index (χ0) is 12.3. The molecule has 90 valence electrons. The van der Waals surface area contributed by atoms with Crippen LogP contribution in [-0.4, -0.2) is 9.78 Å². The number of alkyl halides is 1. The maximum atomic E-state index is 4.45. The smallest absolute Gasteiger partial charge is 0.0663 e. The van der Waals surface area contributed by atoms with Crippen molar-refractivity contribution in [1.82, 2.24) is 9.78 Å². The molecule has 0 aliphatic rings. The van der Waals surface area contributed by atoms with Crippen LogP contribution in [0, 0.1) is 0 Å². The molecule has 1 heterocycles. The number of aromatic nitrogens is 2. The number of benzene rings is 1. The third-order valence-electron chi connectivity index (χ3n) is 2.74. The summed E-state index contributed by atoms with van der Waals surface area (Å²) < 4.78 is 3.19. The van der Waals surface area contributed by atoms with Gasteiger partial charge in [0.15, 0.2) is 0 Å². The molecule has 0 aliphatic carbocycles. The van der Waals surface area contributed by atoms with Crippen LogP contribution in [0.3, 0.4) is 0 Å². The second-order valence-corrected chi connectivity index (χ2v) is 5.37. The predicted molar refractivity (Wildman–Crippen MR) is 77.5 cm³/mol. The van der Waals surface area contributed by atoms with Crippen LogP contribution < -0.4 is 0 Å². The van der Waals surface area contributed by atoms with Crippen molar-refractivity contribution in [3.63, 3.8) is 0 Å². The SMILES string of the molecule is CCc1c(CBr)cnn1Cc1cccc(Br)c1. The fraction of sp³-hybridized carbons (Fsp3) is 0.308. The van der Waals surface area contributed by atoms with Gasteiger partial charge < -0.3 is 0 Å². The minimum absolute atomic E-state index is 0.829. The van der Waals surface area contributed by atoms with Gasteiger partial charge in [0.1, 0.15) is 0 Å². The van der Waals surface area contributed by atoms with E-state index in [0.29, 0.717) is 0 Å². The fourth-order valence-electron chi connectivity index (χ4n) is 1.92. The minimum atomic E-state index is 0.829. The third kappa shape index (κ3) is 2.99. The highest BCUT2D eigenvalue weighted by Crippen LogP contribution is 2.17. The molecule has 0 radical (unpaired) electrons. The van der Waals surface area contributed by atoms with Gasteiger partial charge in [-0.25, -0.2) is 0 Å². The van der Waals surface area contributed by atoms with Crippen LogP contribution in [0.1, 0.15) is 23.7 Å². The first kappa shape index (κ1) is 12.8. The van der Waals surface area contributed by atoms with Crippen molar-refractivity contribution in [2.45, 2.75) is 25.2 Å². The second kappa shape index (κ2) is 5.83. The molecule has 1 aromatic heterocycles. The Kier molecular flexibility index (Phi) is 4.40. The first-order valence-corrected chi connectivity index (χ1v) is 7.50. The summed E-state index contributed by atoms with van der Waals surface area (Å²) in [5.41, 5.74) is 3.85. The summed E-state index contributed by atoms with van der Waals surface area (Å²) in [7, 11) is 0. The topological polar surface area (TPSA) is 17.8 Å². The molecule has 1 aromatic carbocycles. The van der Waals surface area contributed by atoms with E-state index in [-0.39, 0.29) is 0 Å². The molecule has 0 amide bonds. The van der Waals surface area contributed by atoms with E-state index >= 15 is 0 Å². The van der Waals surface area contributed by atoms with Gasteiger partial charge in [-0.05, 0) is 24.1 Å².